The fourth-order valence-corrected chi connectivity index (χ4v) is 3.89. The third-order valence-corrected chi connectivity index (χ3v) is 9.12. The molecule has 3 atom stereocenters. The topological polar surface area (TPSA) is 44.8 Å². The van der Waals surface area contributed by atoms with Crippen LogP contribution in [0.25, 0.3) is 0 Å². The van der Waals surface area contributed by atoms with Crippen molar-refractivity contribution < 1.29 is 18.7 Å². The quantitative estimate of drug-likeness (QED) is 0.454. The number of esters is 1. The third-order valence-electron chi connectivity index (χ3n) is 4.63. The van der Waals surface area contributed by atoms with E-state index in [4.69, 9.17) is 13.9 Å². The molecule has 114 valence electrons. The Bertz CT molecular complexity index is 424. The Balaban J connectivity index is 2.23. The number of rotatable bonds is 4. The highest BCUT2D eigenvalue weighted by molar-refractivity contribution is 6.74. The lowest BCUT2D eigenvalue weighted by Gasteiger charge is -2.42. The predicted molar refractivity (Wildman–Crippen MR) is 80.1 cm³/mol. The highest BCUT2D eigenvalue weighted by Gasteiger charge is 2.57. The highest BCUT2D eigenvalue weighted by atomic mass is 28.4. The summed E-state index contributed by atoms with van der Waals surface area (Å²) in [7, 11) is -2.03. The summed E-state index contributed by atoms with van der Waals surface area (Å²) < 4.78 is 17.5. The number of hydrogen-bond acceptors (Lipinski definition) is 4. The predicted octanol–water partition coefficient (Wildman–Crippen LogP) is 3.04. The lowest BCUT2D eigenvalue weighted by atomic mass is 9.91. The van der Waals surface area contributed by atoms with Gasteiger partial charge < -0.3 is 13.9 Å². The van der Waals surface area contributed by atoms with Gasteiger partial charge in [-0.2, -0.15) is 0 Å². The lowest BCUT2D eigenvalue weighted by Crippen LogP contribution is -2.52. The van der Waals surface area contributed by atoms with Crippen molar-refractivity contribution in [1.29, 1.82) is 0 Å². The monoisotopic (exact) mass is 298 g/mol. The van der Waals surface area contributed by atoms with Crippen LogP contribution in [0.4, 0.5) is 0 Å². The molecule has 0 radical (unpaired) electrons. The van der Waals surface area contributed by atoms with Gasteiger partial charge in [0.1, 0.15) is 12.2 Å². The molecule has 2 bridgehead atoms. The molecule has 1 heterocycles. The van der Waals surface area contributed by atoms with Crippen LogP contribution in [-0.2, 0) is 18.7 Å². The molecule has 2 rings (SSSR count). The standard InChI is InChI=1S/C15H26O4Si/c1-7-17-11-8-9-15(10-12(11)18-13(15)16)19-20(5,6)14(2,3)4/h8-9,11-12H,7,10H2,1-6H3/t11-,12+,15+/m1/s1. The Labute approximate surface area is 122 Å². The summed E-state index contributed by atoms with van der Waals surface area (Å²) in [5.74, 6) is -0.259. The van der Waals surface area contributed by atoms with E-state index in [0.29, 0.717) is 13.0 Å². The summed E-state index contributed by atoms with van der Waals surface area (Å²) in [6, 6.07) is 0. The first-order chi connectivity index (χ1) is 9.11. The minimum atomic E-state index is -2.03. The summed E-state index contributed by atoms with van der Waals surface area (Å²) in [4.78, 5) is 12.3. The molecular weight excluding hydrogens is 272 g/mol. The molecule has 20 heavy (non-hydrogen) atoms. The van der Waals surface area contributed by atoms with Crippen molar-refractivity contribution in [3.63, 3.8) is 0 Å². The van der Waals surface area contributed by atoms with E-state index in [-0.39, 0.29) is 23.2 Å². The molecule has 0 unspecified atom stereocenters. The van der Waals surface area contributed by atoms with Crippen molar-refractivity contribution in [1.82, 2.24) is 0 Å². The molecule has 0 aromatic heterocycles. The van der Waals surface area contributed by atoms with Crippen molar-refractivity contribution in [3.8, 4) is 0 Å². The second-order valence-corrected chi connectivity index (χ2v) is 11.9. The molecule has 0 spiro atoms. The average Bonchev–Trinajstić information content (AvgIpc) is 2.54. The summed E-state index contributed by atoms with van der Waals surface area (Å²) >= 11 is 0. The van der Waals surface area contributed by atoms with Gasteiger partial charge in [0.25, 0.3) is 0 Å². The number of hydrogen-bond donors (Lipinski definition) is 0. The lowest BCUT2D eigenvalue weighted by molar-refractivity contribution is -0.152. The minimum Gasteiger partial charge on any atom is -0.457 e. The van der Waals surface area contributed by atoms with Crippen LogP contribution >= 0.6 is 0 Å². The SMILES string of the molecule is CCO[C@@H]1C=C[C@]2(O[Si](C)(C)C(C)(C)C)C[C@@H]1OC2=O. The largest absolute Gasteiger partial charge is 0.457 e. The summed E-state index contributed by atoms with van der Waals surface area (Å²) in [6.45, 7) is 13.4. The van der Waals surface area contributed by atoms with E-state index in [0.717, 1.165) is 0 Å². The van der Waals surface area contributed by atoms with Gasteiger partial charge in [0.2, 0.25) is 0 Å². The molecule has 1 aliphatic heterocycles. The molecule has 1 saturated heterocycles. The van der Waals surface area contributed by atoms with Gasteiger partial charge >= 0.3 is 5.97 Å². The Hall–Kier alpha value is -0.653. The first-order valence-electron chi connectivity index (χ1n) is 7.33. The van der Waals surface area contributed by atoms with Crippen molar-refractivity contribution in [2.45, 2.75) is 70.1 Å². The summed E-state index contributed by atoms with van der Waals surface area (Å²) in [6.07, 6.45) is 4.01. The maximum atomic E-state index is 12.3. The van der Waals surface area contributed by atoms with Gasteiger partial charge in [-0.15, -0.1) is 0 Å². The zero-order chi connectivity index (χ0) is 15.2. The van der Waals surface area contributed by atoms with Crippen LogP contribution in [0.15, 0.2) is 12.2 Å². The Kier molecular flexibility index (Phi) is 3.90. The van der Waals surface area contributed by atoms with E-state index in [1.54, 1.807) is 0 Å². The second kappa shape index (κ2) is 4.96. The molecule has 2 aliphatic rings. The van der Waals surface area contributed by atoms with E-state index in [9.17, 15) is 4.79 Å². The first-order valence-corrected chi connectivity index (χ1v) is 10.2. The molecule has 1 fully saturated rings. The van der Waals surface area contributed by atoms with Gasteiger partial charge in [-0.1, -0.05) is 26.8 Å². The smallest absolute Gasteiger partial charge is 0.341 e. The maximum absolute atomic E-state index is 12.3. The molecule has 0 aromatic carbocycles. The zero-order valence-corrected chi connectivity index (χ0v) is 14.4. The highest BCUT2D eigenvalue weighted by Crippen LogP contribution is 2.45. The summed E-state index contributed by atoms with van der Waals surface area (Å²) in [5.41, 5.74) is -0.888. The van der Waals surface area contributed by atoms with Crippen LogP contribution in [-0.4, -0.2) is 38.7 Å². The molecular formula is C15H26O4Si. The van der Waals surface area contributed by atoms with E-state index >= 15 is 0 Å². The van der Waals surface area contributed by atoms with Crippen LogP contribution in [0.1, 0.15) is 34.1 Å². The van der Waals surface area contributed by atoms with E-state index in [1.165, 1.54) is 0 Å². The van der Waals surface area contributed by atoms with Gasteiger partial charge in [0.15, 0.2) is 13.9 Å². The van der Waals surface area contributed by atoms with Crippen LogP contribution in [0.2, 0.25) is 18.1 Å². The molecule has 0 aromatic rings. The number of carbonyl (C=O) groups is 1. The van der Waals surface area contributed by atoms with Gasteiger partial charge in [-0.25, -0.2) is 4.79 Å². The minimum absolute atomic E-state index is 0.0602. The van der Waals surface area contributed by atoms with Crippen molar-refractivity contribution in [2.75, 3.05) is 6.61 Å². The molecule has 0 N–H and O–H groups in total. The fraction of sp³-hybridized carbons (Fsp3) is 0.800. The molecule has 1 aliphatic carbocycles. The van der Waals surface area contributed by atoms with Gasteiger partial charge in [0, 0.05) is 13.0 Å². The van der Waals surface area contributed by atoms with Crippen molar-refractivity contribution in [3.05, 3.63) is 12.2 Å². The fourth-order valence-electron chi connectivity index (χ4n) is 2.44. The zero-order valence-electron chi connectivity index (χ0n) is 13.4. The van der Waals surface area contributed by atoms with Crippen LogP contribution < -0.4 is 0 Å². The van der Waals surface area contributed by atoms with Crippen LogP contribution in [0, 0.1) is 0 Å². The first kappa shape index (κ1) is 15.7. The van der Waals surface area contributed by atoms with Gasteiger partial charge in [-0.3, -0.25) is 0 Å². The Morgan fingerprint density at radius 2 is 2.10 bits per heavy atom. The van der Waals surface area contributed by atoms with Crippen LogP contribution in [0.3, 0.4) is 0 Å². The number of ether oxygens (including phenoxy) is 2. The van der Waals surface area contributed by atoms with Gasteiger partial charge in [0.05, 0.1) is 0 Å². The maximum Gasteiger partial charge on any atom is 0.341 e. The van der Waals surface area contributed by atoms with E-state index in [2.05, 4.69) is 33.9 Å². The molecule has 0 saturated carbocycles. The van der Waals surface area contributed by atoms with Crippen LogP contribution in [0.5, 0.6) is 0 Å². The Morgan fingerprint density at radius 1 is 1.45 bits per heavy atom. The average molecular weight is 298 g/mol. The summed E-state index contributed by atoms with van der Waals surface area (Å²) in [5, 5.41) is 0.0602. The van der Waals surface area contributed by atoms with Crippen molar-refractivity contribution >= 4 is 14.3 Å². The van der Waals surface area contributed by atoms with Crippen molar-refractivity contribution in [2.24, 2.45) is 0 Å². The van der Waals surface area contributed by atoms with E-state index in [1.807, 2.05) is 19.1 Å². The normalized spacial score (nSPS) is 33.4. The number of fused-ring (bicyclic) bond motifs is 2. The van der Waals surface area contributed by atoms with E-state index < -0.39 is 13.9 Å². The van der Waals surface area contributed by atoms with Gasteiger partial charge in [-0.05, 0) is 31.1 Å². The molecule has 4 nitrogen and oxygen atoms in total. The molecule has 5 heteroatoms. The number of carbonyl (C=O) groups excluding carboxylic acids is 1. The molecule has 0 amide bonds. The Morgan fingerprint density at radius 3 is 2.65 bits per heavy atom. The third kappa shape index (κ3) is 2.58. The second-order valence-electron chi connectivity index (χ2n) is 7.18.